The molecule has 0 aromatic heterocycles. The molecule has 0 aromatic rings. The van der Waals surface area contributed by atoms with Gasteiger partial charge in [0.05, 0.1) is 23.0 Å². The molecular formula is C30H42O8. The Hall–Kier alpha value is -2.19. The van der Waals surface area contributed by atoms with Gasteiger partial charge >= 0.3 is 5.97 Å². The van der Waals surface area contributed by atoms with E-state index < -0.39 is 57.0 Å². The van der Waals surface area contributed by atoms with Gasteiger partial charge < -0.3 is 15.3 Å². The number of carbonyl (C=O) groups excluding carboxylic acids is 4. The third-order valence-corrected chi connectivity index (χ3v) is 11.3. The zero-order valence-corrected chi connectivity index (χ0v) is 23.6. The molecule has 2 saturated carbocycles. The van der Waals surface area contributed by atoms with Crippen LogP contribution in [0.3, 0.4) is 0 Å². The Kier molecular flexibility index (Phi) is 6.56. The number of fused-ring (bicyclic) bond motifs is 4. The maximum absolute atomic E-state index is 14.1. The number of aliphatic carboxylic acids is 1. The molecule has 0 bridgehead atoms. The minimum absolute atomic E-state index is 0.0159. The van der Waals surface area contributed by atoms with E-state index in [0.29, 0.717) is 24.0 Å². The van der Waals surface area contributed by atoms with Crippen molar-refractivity contribution in [1.82, 2.24) is 0 Å². The molecular weight excluding hydrogens is 488 g/mol. The van der Waals surface area contributed by atoms with E-state index in [2.05, 4.69) is 0 Å². The Balaban J connectivity index is 1.79. The molecule has 38 heavy (non-hydrogen) atoms. The summed E-state index contributed by atoms with van der Waals surface area (Å²) in [6, 6.07) is 0. The van der Waals surface area contributed by atoms with Crippen LogP contribution in [0.1, 0.15) is 93.4 Å². The quantitative estimate of drug-likeness (QED) is 0.473. The third kappa shape index (κ3) is 3.73. The first kappa shape index (κ1) is 28.8. The van der Waals surface area contributed by atoms with E-state index in [1.807, 2.05) is 20.8 Å². The molecule has 0 spiro atoms. The van der Waals surface area contributed by atoms with Crippen LogP contribution in [-0.2, 0) is 24.0 Å². The molecule has 4 aliphatic rings. The molecule has 8 nitrogen and oxygen atoms in total. The summed E-state index contributed by atoms with van der Waals surface area (Å²) in [4.78, 5) is 64.8. The zero-order chi connectivity index (χ0) is 28.8. The third-order valence-electron chi connectivity index (χ3n) is 11.3. The van der Waals surface area contributed by atoms with Gasteiger partial charge in [-0.2, -0.15) is 0 Å². The maximum Gasteiger partial charge on any atom is 0.306 e. The Bertz CT molecular complexity index is 1160. The van der Waals surface area contributed by atoms with Crippen LogP contribution in [0.15, 0.2) is 11.1 Å². The minimum Gasteiger partial charge on any atom is -0.481 e. The number of hydrogen-bond acceptors (Lipinski definition) is 7. The van der Waals surface area contributed by atoms with Gasteiger partial charge in [-0.05, 0) is 43.6 Å². The lowest BCUT2D eigenvalue weighted by atomic mass is 9.42. The molecule has 2 fully saturated rings. The number of carbonyl (C=O) groups is 5. The monoisotopic (exact) mass is 530 g/mol. The minimum atomic E-state index is -1.65. The van der Waals surface area contributed by atoms with Crippen LogP contribution in [0.2, 0.25) is 0 Å². The molecule has 8 atom stereocenters. The van der Waals surface area contributed by atoms with Gasteiger partial charge in [-0.15, -0.1) is 0 Å². The second-order valence-electron chi connectivity index (χ2n) is 14.0. The first-order valence-corrected chi connectivity index (χ1v) is 13.7. The number of rotatable bonds is 6. The van der Waals surface area contributed by atoms with Crippen LogP contribution < -0.4 is 0 Å². The van der Waals surface area contributed by atoms with Gasteiger partial charge in [-0.1, -0.05) is 34.6 Å². The van der Waals surface area contributed by atoms with Gasteiger partial charge in [-0.25, -0.2) is 0 Å². The average Bonchev–Trinajstić information content (AvgIpc) is 2.99. The molecule has 0 heterocycles. The van der Waals surface area contributed by atoms with Gasteiger partial charge in [0.15, 0.2) is 5.78 Å². The van der Waals surface area contributed by atoms with Crippen LogP contribution in [0.4, 0.5) is 0 Å². The Morgan fingerprint density at radius 1 is 1.08 bits per heavy atom. The molecule has 8 heteroatoms. The molecule has 0 aromatic carbocycles. The van der Waals surface area contributed by atoms with E-state index >= 15 is 0 Å². The van der Waals surface area contributed by atoms with E-state index in [0.717, 1.165) is 0 Å². The largest absolute Gasteiger partial charge is 0.481 e. The fraction of sp³-hybridized carbons (Fsp3) is 0.767. The average molecular weight is 531 g/mol. The standard InChI is InChI=1S/C30H42O8/c1-15(25(36)37)10-16(31)13-29(6,38)20-12-22(35)30(7)24-17(32)11-19-26(2,3)21(34)8-9-27(19,4)23(24)18(33)14-28(20,30)5/h15,17,19-20,32,38H,8-14H2,1-7H3,(H,36,37)/t15-,17+,19+,20+,27+,28-,29+,30+/m1/s1. The SMILES string of the molecule is C[C@H](CC(=O)C[C@](C)(O)[C@H]1CC(=O)[C@@]2(C)C3=C(C(=O)C[C@]12C)[C@@]1(C)CCC(=O)C(C)(C)[C@@H]1C[C@@H]3O)C(=O)O. The van der Waals surface area contributed by atoms with Gasteiger partial charge in [-0.3, -0.25) is 24.0 Å². The van der Waals surface area contributed by atoms with E-state index in [1.165, 1.54) is 13.8 Å². The summed E-state index contributed by atoms with van der Waals surface area (Å²) in [5, 5.41) is 32.4. The number of ketones is 4. The molecule has 3 N–H and O–H groups in total. The molecule has 210 valence electrons. The van der Waals surface area contributed by atoms with Gasteiger partial charge in [0.25, 0.3) is 0 Å². The number of carboxylic acids is 1. The fourth-order valence-electron chi connectivity index (χ4n) is 8.97. The zero-order valence-electron chi connectivity index (χ0n) is 23.6. The summed E-state index contributed by atoms with van der Waals surface area (Å²) in [6.45, 7) is 12.2. The molecule has 0 radical (unpaired) electrons. The van der Waals surface area contributed by atoms with Crippen LogP contribution in [-0.4, -0.2) is 56.1 Å². The predicted molar refractivity (Wildman–Crippen MR) is 138 cm³/mol. The normalized spacial score (nSPS) is 40.7. The van der Waals surface area contributed by atoms with E-state index in [-0.39, 0.29) is 55.4 Å². The maximum atomic E-state index is 14.1. The van der Waals surface area contributed by atoms with E-state index in [4.69, 9.17) is 0 Å². The summed E-state index contributed by atoms with van der Waals surface area (Å²) in [5.74, 6) is -3.63. The lowest BCUT2D eigenvalue weighted by molar-refractivity contribution is -0.150. The summed E-state index contributed by atoms with van der Waals surface area (Å²) >= 11 is 0. The second-order valence-corrected chi connectivity index (χ2v) is 14.0. The summed E-state index contributed by atoms with van der Waals surface area (Å²) in [5.41, 5.74) is -4.36. The number of aliphatic hydroxyl groups is 2. The van der Waals surface area contributed by atoms with Crippen molar-refractivity contribution >= 4 is 29.1 Å². The molecule has 0 saturated heterocycles. The van der Waals surface area contributed by atoms with Crippen molar-refractivity contribution in [2.45, 2.75) is 105 Å². The summed E-state index contributed by atoms with van der Waals surface area (Å²) in [6.07, 6.45) is -0.624. The second kappa shape index (κ2) is 8.65. The van der Waals surface area contributed by atoms with Gasteiger partial charge in [0.1, 0.15) is 17.3 Å². The van der Waals surface area contributed by atoms with Crippen LogP contribution in [0.5, 0.6) is 0 Å². The smallest absolute Gasteiger partial charge is 0.306 e. The highest BCUT2D eigenvalue weighted by atomic mass is 16.4. The first-order chi connectivity index (χ1) is 17.2. The van der Waals surface area contributed by atoms with E-state index in [1.54, 1.807) is 13.8 Å². The first-order valence-electron chi connectivity index (χ1n) is 13.7. The van der Waals surface area contributed by atoms with Gasteiger partial charge in [0.2, 0.25) is 0 Å². The van der Waals surface area contributed by atoms with Crippen molar-refractivity contribution in [1.29, 1.82) is 0 Å². The van der Waals surface area contributed by atoms with Crippen LogP contribution in [0, 0.1) is 39.4 Å². The lowest BCUT2D eigenvalue weighted by Gasteiger charge is -2.60. The topological polar surface area (TPSA) is 146 Å². The molecule has 0 unspecified atom stereocenters. The molecule has 0 aliphatic heterocycles. The van der Waals surface area contributed by atoms with Crippen molar-refractivity contribution < 1.29 is 39.3 Å². The van der Waals surface area contributed by atoms with E-state index in [9.17, 15) is 39.3 Å². The Morgan fingerprint density at radius 2 is 1.68 bits per heavy atom. The number of aliphatic hydroxyl groups excluding tert-OH is 1. The lowest BCUT2D eigenvalue weighted by Crippen LogP contribution is -2.60. The summed E-state index contributed by atoms with van der Waals surface area (Å²) in [7, 11) is 0. The summed E-state index contributed by atoms with van der Waals surface area (Å²) < 4.78 is 0. The number of carboxylic acid groups (broad SMARTS) is 1. The van der Waals surface area contributed by atoms with Crippen LogP contribution >= 0.6 is 0 Å². The van der Waals surface area contributed by atoms with Crippen molar-refractivity contribution in [3.63, 3.8) is 0 Å². The fourth-order valence-corrected chi connectivity index (χ4v) is 8.97. The Morgan fingerprint density at radius 3 is 2.26 bits per heavy atom. The van der Waals surface area contributed by atoms with Crippen molar-refractivity contribution in [2.24, 2.45) is 39.4 Å². The highest BCUT2D eigenvalue weighted by Crippen LogP contribution is 2.70. The number of allylic oxidation sites excluding steroid dienone is 1. The van der Waals surface area contributed by atoms with Crippen molar-refractivity contribution in [3.8, 4) is 0 Å². The molecule has 0 amide bonds. The number of Topliss-reactive ketones (excluding diaryl/α,β-unsaturated/α-hetero) is 4. The highest BCUT2D eigenvalue weighted by Gasteiger charge is 2.71. The van der Waals surface area contributed by atoms with Crippen molar-refractivity contribution in [2.75, 3.05) is 0 Å². The predicted octanol–water partition coefficient (Wildman–Crippen LogP) is 3.45. The van der Waals surface area contributed by atoms with Gasteiger partial charge in [0, 0.05) is 54.4 Å². The Labute approximate surface area is 224 Å². The molecule has 4 aliphatic carbocycles. The highest BCUT2D eigenvalue weighted by molar-refractivity contribution is 6.05. The van der Waals surface area contributed by atoms with Crippen LogP contribution in [0.25, 0.3) is 0 Å². The number of hydrogen-bond donors (Lipinski definition) is 3. The molecule has 4 rings (SSSR count). The van der Waals surface area contributed by atoms with Crippen molar-refractivity contribution in [3.05, 3.63) is 11.1 Å².